The van der Waals surface area contributed by atoms with Crippen LogP contribution in [0.25, 0.3) is 0 Å². The summed E-state index contributed by atoms with van der Waals surface area (Å²) < 4.78 is 18.7. The molecule has 0 radical (unpaired) electrons. The predicted molar refractivity (Wildman–Crippen MR) is 63.5 cm³/mol. The molecule has 0 fully saturated rings. The number of aromatic nitrogens is 1. The fraction of sp³-hybridized carbons (Fsp3) is 0.154. The zero-order chi connectivity index (χ0) is 12.1. The zero-order valence-corrected chi connectivity index (χ0v) is 9.27. The summed E-state index contributed by atoms with van der Waals surface area (Å²) in [5.41, 5.74) is 6.24. The molecule has 1 heterocycles. The number of hydrogen-bond acceptors (Lipinski definition) is 3. The number of pyridine rings is 1. The molecule has 1 aromatic carbocycles. The summed E-state index contributed by atoms with van der Waals surface area (Å²) in [7, 11) is 0. The molecular formula is C13H13FN2O. The molecule has 0 atom stereocenters. The highest BCUT2D eigenvalue weighted by molar-refractivity contribution is 5.37. The third-order valence-corrected chi connectivity index (χ3v) is 2.30. The minimum Gasteiger partial charge on any atom is -0.455 e. The van der Waals surface area contributed by atoms with E-state index in [4.69, 9.17) is 10.5 Å². The van der Waals surface area contributed by atoms with E-state index in [9.17, 15) is 4.39 Å². The normalized spacial score (nSPS) is 10.2. The molecule has 1 aromatic heterocycles. The maximum atomic E-state index is 13.1. The summed E-state index contributed by atoms with van der Waals surface area (Å²) in [5.74, 6) is 0.953. The van der Waals surface area contributed by atoms with E-state index in [0.29, 0.717) is 24.5 Å². The first-order valence-electron chi connectivity index (χ1n) is 5.36. The van der Waals surface area contributed by atoms with Crippen molar-refractivity contribution in [1.82, 2.24) is 4.98 Å². The van der Waals surface area contributed by atoms with Crippen molar-refractivity contribution in [2.24, 2.45) is 5.73 Å². The lowest BCUT2D eigenvalue weighted by molar-refractivity contribution is 0.471. The molecule has 88 valence electrons. The van der Waals surface area contributed by atoms with E-state index in [1.807, 2.05) is 0 Å². The number of halogens is 1. The van der Waals surface area contributed by atoms with E-state index in [1.165, 1.54) is 12.1 Å². The van der Waals surface area contributed by atoms with Gasteiger partial charge in [0.05, 0.1) is 6.20 Å². The summed E-state index contributed by atoms with van der Waals surface area (Å²) in [6.07, 6.45) is 3.85. The number of rotatable bonds is 4. The van der Waals surface area contributed by atoms with Gasteiger partial charge in [-0.25, -0.2) is 4.39 Å². The number of nitrogens with two attached hydrogens (primary N) is 1. The van der Waals surface area contributed by atoms with Crippen molar-refractivity contribution in [2.75, 3.05) is 6.54 Å². The van der Waals surface area contributed by atoms with Crippen molar-refractivity contribution in [3.05, 3.63) is 54.1 Å². The molecule has 2 aromatic rings. The highest BCUT2D eigenvalue weighted by atomic mass is 19.1. The van der Waals surface area contributed by atoms with Crippen LogP contribution in [0.3, 0.4) is 0 Å². The molecule has 0 spiro atoms. The van der Waals surface area contributed by atoms with Crippen LogP contribution in [0.1, 0.15) is 5.56 Å². The second-order valence-electron chi connectivity index (χ2n) is 3.58. The topological polar surface area (TPSA) is 48.1 Å². The standard InChI is InChI=1S/C13H13FN2O/c14-11-3-4-13(10(8-11)5-6-15)17-12-2-1-7-16-9-12/h1-4,7-9H,5-6,15H2. The lowest BCUT2D eigenvalue weighted by Crippen LogP contribution is -2.04. The van der Waals surface area contributed by atoms with Gasteiger partial charge in [0.15, 0.2) is 0 Å². The Morgan fingerprint density at radius 3 is 2.88 bits per heavy atom. The Morgan fingerprint density at radius 1 is 1.29 bits per heavy atom. The average Bonchev–Trinajstić information content (AvgIpc) is 2.34. The van der Waals surface area contributed by atoms with E-state index in [0.717, 1.165) is 5.56 Å². The minimum atomic E-state index is -0.285. The highest BCUT2D eigenvalue weighted by Crippen LogP contribution is 2.25. The second kappa shape index (κ2) is 5.41. The van der Waals surface area contributed by atoms with Crippen LogP contribution >= 0.6 is 0 Å². The van der Waals surface area contributed by atoms with E-state index < -0.39 is 0 Å². The highest BCUT2D eigenvalue weighted by Gasteiger charge is 2.06. The largest absolute Gasteiger partial charge is 0.455 e. The fourth-order valence-electron chi connectivity index (χ4n) is 1.53. The Morgan fingerprint density at radius 2 is 2.18 bits per heavy atom. The Hall–Kier alpha value is -1.94. The van der Waals surface area contributed by atoms with Crippen molar-refractivity contribution >= 4 is 0 Å². The van der Waals surface area contributed by atoms with Gasteiger partial charge in [-0.05, 0) is 48.9 Å². The summed E-state index contributed by atoms with van der Waals surface area (Å²) in [5, 5.41) is 0. The molecular weight excluding hydrogens is 219 g/mol. The van der Waals surface area contributed by atoms with Crippen molar-refractivity contribution in [1.29, 1.82) is 0 Å². The molecule has 0 aliphatic rings. The number of hydrogen-bond donors (Lipinski definition) is 1. The minimum absolute atomic E-state index is 0.285. The molecule has 0 saturated carbocycles. The van der Waals surface area contributed by atoms with Gasteiger partial charge in [0, 0.05) is 6.20 Å². The molecule has 0 unspecified atom stereocenters. The van der Waals surface area contributed by atoms with Gasteiger partial charge < -0.3 is 10.5 Å². The van der Waals surface area contributed by atoms with Gasteiger partial charge in [-0.2, -0.15) is 0 Å². The van der Waals surface area contributed by atoms with Crippen molar-refractivity contribution in [2.45, 2.75) is 6.42 Å². The summed E-state index contributed by atoms with van der Waals surface area (Å²) >= 11 is 0. The second-order valence-corrected chi connectivity index (χ2v) is 3.58. The monoisotopic (exact) mass is 232 g/mol. The van der Waals surface area contributed by atoms with E-state index in [-0.39, 0.29) is 5.82 Å². The van der Waals surface area contributed by atoms with Crippen LogP contribution in [0.15, 0.2) is 42.7 Å². The maximum absolute atomic E-state index is 13.1. The Balaban J connectivity index is 2.26. The fourth-order valence-corrected chi connectivity index (χ4v) is 1.53. The quantitative estimate of drug-likeness (QED) is 0.881. The summed E-state index contributed by atoms with van der Waals surface area (Å²) in [6.45, 7) is 0.451. The molecule has 17 heavy (non-hydrogen) atoms. The lowest BCUT2D eigenvalue weighted by Gasteiger charge is -2.10. The van der Waals surface area contributed by atoms with E-state index in [1.54, 1.807) is 30.6 Å². The third-order valence-electron chi connectivity index (χ3n) is 2.30. The molecule has 4 heteroatoms. The zero-order valence-electron chi connectivity index (χ0n) is 9.27. The average molecular weight is 232 g/mol. The van der Waals surface area contributed by atoms with Gasteiger partial charge in [-0.15, -0.1) is 0 Å². The molecule has 2 rings (SSSR count). The van der Waals surface area contributed by atoms with Gasteiger partial charge in [-0.3, -0.25) is 4.98 Å². The van der Waals surface area contributed by atoms with Crippen molar-refractivity contribution < 1.29 is 9.13 Å². The first kappa shape index (κ1) is 11.5. The molecule has 0 aliphatic carbocycles. The SMILES string of the molecule is NCCc1cc(F)ccc1Oc1cccnc1. The molecule has 2 N–H and O–H groups in total. The maximum Gasteiger partial charge on any atom is 0.145 e. The molecule has 0 aliphatic heterocycles. The number of benzene rings is 1. The van der Waals surface area contributed by atoms with Crippen molar-refractivity contribution in [3.63, 3.8) is 0 Å². The number of nitrogens with zero attached hydrogens (tertiary/aromatic N) is 1. The van der Waals surface area contributed by atoms with E-state index in [2.05, 4.69) is 4.98 Å². The van der Waals surface area contributed by atoms with Crippen LogP contribution in [0, 0.1) is 5.82 Å². The smallest absolute Gasteiger partial charge is 0.145 e. The van der Waals surface area contributed by atoms with Crippen LogP contribution in [0.4, 0.5) is 4.39 Å². The van der Waals surface area contributed by atoms with Crippen LogP contribution in [0.2, 0.25) is 0 Å². The van der Waals surface area contributed by atoms with Crippen molar-refractivity contribution in [3.8, 4) is 11.5 Å². The van der Waals surface area contributed by atoms with Crippen LogP contribution < -0.4 is 10.5 Å². The van der Waals surface area contributed by atoms with Gasteiger partial charge in [-0.1, -0.05) is 0 Å². The molecule has 3 nitrogen and oxygen atoms in total. The number of ether oxygens (including phenoxy) is 1. The first-order chi connectivity index (χ1) is 8.29. The Kier molecular flexibility index (Phi) is 3.67. The van der Waals surface area contributed by atoms with Gasteiger partial charge >= 0.3 is 0 Å². The van der Waals surface area contributed by atoms with E-state index >= 15 is 0 Å². The molecule has 0 saturated heterocycles. The van der Waals surface area contributed by atoms with Gasteiger partial charge in [0.1, 0.15) is 17.3 Å². The Bertz CT molecular complexity index is 488. The molecule has 0 amide bonds. The predicted octanol–water partition coefficient (Wildman–Crippen LogP) is 2.51. The summed E-state index contributed by atoms with van der Waals surface area (Å²) in [4.78, 5) is 3.95. The van der Waals surface area contributed by atoms with Crippen LogP contribution in [-0.4, -0.2) is 11.5 Å². The van der Waals surface area contributed by atoms with Gasteiger partial charge in [0.25, 0.3) is 0 Å². The summed E-state index contributed by atoms with van der Waals surface area (Å²) in [6, 6.07) is 7.99. The molecule has 0 bridgehead atoms. The van der Waals surface area contributed by atoms with Crippen LogP contribution in [-0.2, 0) is 6.42 Å². The van der Waals surface area contributed by atoms with Crippen LogP contribution in [0.5, 0.6) is 11.5 Å². The lowest BCUT2D eigenvalue weighted by atomic mass is 10.1. The first-order valence-corrected chi connectivity index (χ1v) is 5.36. The third kappa shape index (κ3) is 3.01. The van der Waals surface area contributed by atoms with Gasteiger partial charge in [0.2, 0.25) is 0 Å². The Labute approximate surface area is 99.1 Å².